The third-order valence-corrected chi connectivity index (χ3v) is 3.11. The summed E-state index contributed by atoms with van der Waals surface area (Å²) < 4.78 is 18.7. The lowest BCUT2D eigenvalue weighted by atomic mass is 10.2. The molecule has 0 atom stereocenters. The Labute approximate surface area is 123 Å². The van der Waals surface area contributed by atoms with Crippen LogP contribution in [0.1, 0.15) is 10.4 Å². The van der Waals surface area contributed by atoms with Crippen LogP contribution in [-0.2, 0) is 0 Å². The number of halogens is 2. The van der Waals surface area contributed by atoms with E-state index in [4.69, 9.17) is 4.74 Å². The highest BCUT2D eigenvalue weighted by Gasteiger charge is 2.12. The van der Waals surface area contributed by atoms with Gasteiger partial charge in [-0.2, -0.15) is 0 Å². The number of carbonyl (C=O) groups is 1. The van der Waals surface area contributed by atoms with Crippen LogP contribution in [0.5, 0.6) is 11.5 Å². The van der Waals surface area contributed by atoms with Crippen molar-refractivity contribution in [3.63, 3.8) is 0 Å². The lowest BCUT2D eigenvalue weighted by molar-refractivity contribution is 0.102. The zero-order valence-corrected chi connectivity index (χ0v) is 12.1. The summed E-state index contributed by atoms with van der Waals surface area (Å²) in [5.74, 6) is -1.13. The van der Waals surface area contributed by atoms with Gasteiger partial charge in [0.2, 0.25) is 0 Å². The van der Waals surface area contributed by atoms with Crippen LogP contribution >= 0.6 is 15.9 Å². The lowest BCUT2D eigenvalue weighted by Gasteiger charge is -2.09. The first-order valence-electron chi connectivity index (χ1n) is 5.64. The molecule has 0 aliphatic heterocycles. The van der Waals surface area contributed by atoms with Crippen LogP contribution < -0.4 is 10.1 Å². The SMILES string of the molecule is COc1cc(NC(=O)c2ccc(Br)cc2O)ccc1F. The van der Waals surface area contributed by atoms with Crippen molar-refractivity contribution >= 4 is 27.5 Å². The van der Waals surface area contributed by atoms with Crippen molar-refractivity contribution < 1.29 is 19.0 Å². The van der Waals surface area contributed by atoms with E-state index in [2.05, 4.69) is 21.2 Å². The molecule has 0 spiro atoms. The lowest BCUT2D eigenvalue weighted by Crippen LogP contribution is -2.12. The Morgan fingerprint density at radius 2 is 2.05 bits per heavy atom. The Bertz CT molecular complexity index is 661. The summed E-state index contributed by atoms with van der Waals surface area (Å²) in [5, 5.41) is 12.3. The molecular weight excluding hydrogens is 329 g/mol. The van der Waals surface area contributed by atoms with Crippen molar-refractivity contribution in [2.45, 2.75) is 0 Å². The third kappa shape index (κ3) is 3.08. The van der Waals surface area contributed by atoms with Crippen LogP contribution in [0.4, 0.5) is 10.1 Å². The maximum absolute atomic E-state index is 13.3. The second-order valence-electron chi connectivity index (χ2n) is 3.96. The largest absolute Gasteiger partial charge is 0.507 e. The number of carbonyl (C=O) groups excluding carboxylic acids is 1. The maximum atomic E-state index is 13.3. The van der Waals surface area contributed by atoms with Gasteiger partial charge in [-0.1, -0.05) is 15.9 Å². The number of hydrogen-bond acceptors (Lipinski definition) is 3. The molecule has 1 amide bonds. The fourth-order valence-electron chi connectivity index (χ4n) is 1.63. The van der Waals surface area contributed by atoms with Crippen LogP contribution in [0.25, 0.3) is 0 Å². The molecule has 2 rings (SSSR count). The summed E-state index contributed by atoms with van der Waals surface area (Å²) in [6.45, 7) is 0. The molecule has 0 radical (unpaired) electrons. The molecule has 104 valence electrons. The van der Waals surface area contributed by atoms with E-state index < -0.39 is 11.7 Å². The molecule has 0 aliphatic rings. The van der Waals surface area contributed by atoms with Gasteiger partial charge in [-0.15, -0.1) is 0 Å². The van der Waals surface area contributed by atoms with Gasteiger partial charge < -0.3 is 15.2 Å². The van der Waals surface area contributed by atoms with Gasteiger partial charge in [0.1, 0.15) is 5.75 Å². The van der Waals surface area contributed by atoms with Gasteiger partial charge in [0.05, 0.1) is 12.7 Å². The number of anilines is 1. The van der Waals surface area contributed by atoms with Crippen molar-refractivity contribution in [3.05, 3.63) is 52.3 Å². The van der Waals surface area contributed by atoms with Crippen LogP contribution in [-0.4, -0.2) is 18.1 Å². The number of phenols is 1. The van der Waals surface area contributed by atoms with E-state index in [9.17, 15) is 14.3 Å². The number of rotatable bonds is 3. The van der Waals surface area contributed by atoms with Crippen molar-refractivity contribution in [2.75, 3.05) is 12.4 Å². The molecule has 0 aliphatic carbocycles. The number of nitrogens with one attached hydrogen (secondary N) is 1. The van der Waals surface area contributed by atoms with Gasteiger partial charge in [0, 0.05) is 16.2 Å². The summed E-state index contributed by atoms with van der Waals surface area (Å²) in [6, 6.07) is 8.50. The minimum Gasteiger partial charge on any atom is -0.507 e. The molecule has 0 saturated heterocycles. The summed E-state index contributed by atoms with van der Waals surface area (Å²) in [5.41, 5.74) is 0.493. The molecule has 2 aromatic carbocycles. The van der Waals surface area contributed by atoms with Gasteiger partial charge in [-0.3, -0.25) is 4.79 Å². The van der Waals surface area contributed by atoms with E-state index in [0.717, 1.165) is 0 Å². The first-order chi connectivity index (χ1) is 9.51. The minimum absolute atomic E-state index is 0.0304. The Kier molecular flexibility index (Phi) is 4.24. The molecule has 0 aromatic heterocycles. The average molecular weight is 340 g/mol. The molecule has 2 N–H and O–H groups in total. The quantitative estimate of drug-likeness (QED) is 0.898. The van der Waals surface area contributed by atoms with Crippen molar-refractivity contribution in [3.8, 4) is 11.5 Å². The van der Waals surface area contributed by atoms with E-state index in [1.165, 1.54) is 37.4 Å². The molecule has 2 aromatic rings. The molecular formula is C14H11BrFNO3. The molecule has 0 fully saturated rings. The Morgan fingerprint density at radius 3 is 2.70 bits per heavy atom. The van der Waals surface area contributed by atoms with Crippen LogP contribution in [0.2, 0.25) is 0 Å². The molecule has 0 bridgehead atoms. The second kappa shape index (κ2) is 5.92. The van der Waals surface area contributed by atoms with Crippen molar-refractivity contribution in [1.82, 2.24) is 0 Å². The minimum atomic E-state index is -0.517. The highest BCUT2D eigenvalue weighted by Crippen LogP contribution is 2.25. The fourth-order valence-corrected chi connectivity index (χ4v) is 1.98. The van der Waals surface area contributed by atoms with Gasteiger partial charge in [0.15, 0.2) is 11.6 Å². The van der Waals surface area contributed by atoms with Gasteiger partial charge in [0.25, 0.3) is 5.91 Å². The zero-order valence-electron chi connectivity index (χ0n) is 10.5. The number of ether oxygens (including phenoxy) is 1. The van der Waals surface area contributed by atoms with E-state index >= 15 is 0 Å². The van der Waals surface area contributed by atoms with E-state index in [1.54, 1.807) is 6.07 Å². The summed E-state index contributed by atoms with van der Waals surface area (Å²) in [7, 11) is 1.34. The zero-order chi connectivity index (χ0) is 14.7. The van der Waals surface area contributed by atoms with E-state index in [-0.39, 0.29) is 17.1 Å². The molecule has 0 saturated carbocycles. The summed E-state index contributed by atoms with van der Waals surface area (Å²) in [4.78, 5) is 12.0. The van der Waals surface area contributed by atoms with Gasteiger partial charge in [-0.25, -0.2) is 4.39 Å². The standard InChI is InChI=1S/C14H11BrFNO3/c1-20-13-7-9(3-5-11(13)16)17-14(19)10-4-2-8(15)6-12(10)18/h2-7,18H,1H3,(H,17,19). The maximum Gasteiger partial charge on any atom is 0.259 e. The highest BCUT2D eigenvalue weighted by atomic mass is 79.9. The Balaban J connectivity index is 2.23. The predicted molar refractivity (Wildman–Crippen MR) is 76.7 cm³/mol. The highest BCUT2D eigenvalue weighted by molar-refractivity contribution is 9.10. The monoisotopic (exact) mass is 339 g/mol. The van der Waals surface area contributed by atoms with Crippen LogP contribution in [0.15, 0.2) is 40.9 Å². The number of hydrogen-bond donors (Lipinski definition) is 2. The Hall–Kier alpha value is -2.08. The molecule has 0 unspecified atom stereocenters. The predicted octanol–water partition coefficient (Wildman–Crippen LogP) is 3.55. The van der Waals surface area contributed by atoms with Gasteiger partial charge in [-0.05, 0) is 30.3 Å². The van der Waals surface area contributed by atoms with Crippen LogP contribution in [0.3, 0.4) is 0 Å². The van der Waals surface area contributed by atoms with Crippen molar-refractivity contribution in [1.29, 1.82) is 0 Å². The summed E-state index contributed by atoms with van der Waals surface area (Å²) >= 11 is 3.19. The number of phenolic OH excluding ortho intramolecular Hbond substituents is 1. The van der Waals surface area contributed by atoms with E-state index in [1.807, 2.05) is 0 Å². The van der Waals surface area contributed by atoms with Crippen molar-refractivity contribution in [2.24, 2.45) is 0 Å². The normalized spacial score (nSPS) is 10.2. The number of aromatic hydroxyl groups is 1. The molecule has 4 nitrogen and oxygen atoms in total. The number of amides is 1. The molecule has 6 heteroatoms. The number of methoxy groups -OCH3 is 1. The van der Waals surface area contributed by atoms with Crippen LogP contribution in [0, 0.1) is 5.82 Å². The fraction of sp³-hybridized carbons (Fsp3) is 0.0714. The molecule has 20 heavy (non-hydrogen) atoms. The number of benzene rings is 2. The van der Waals surface area contributed by atoms with Gasteiger partial charge >= 0.3 is 0 Å². The average Bonchev–Trinajstić information content (AvgIpc) is 2.40. The first-order valence-corrected chi connectivity index (χ1v) is 6.44. The second-order valence-corrected chi connectivity index (χ2v) is 4.88. The Morgan fingerprint density at radius 1 is 1.30 bits per heavy atom. The topological polar surface area (TPSA) is 58.6 Å². The summed E-state index contributed by atoms with van der Waals surface area (Å²) in [6.07, 6.45) is 0. The smallest absolute Gasteiger partial charge is 0.259 e. The van der Waals surface area contributed by atoms with E-state index in [0.29, 0.717) is 10.2 Å². The first kappa shape index (κ1) is 14.3. The molecule has 0 heterocycles. The third-order valence-electron chi connectivity index (χ3n) is 2.61.